The molecule has 1 saturated heterocycles. The normalized spacial score (nSPS) is 15.1. The van der Waals surface area contributed by atoms with E-state index in [4.69, 9.17) is 11.6 Å². The molecule has 0 bridgehead atoms. The summed E-state index contributed by atoms with van der Waals surface area (Å²) >= 11 is 7.51. The van der Waals surface area contributed by atoms with Crippen LogP contribution in [0.1, 0.15) is 16.8 Å². The lowest BCUT2D eigenvalue weighted by Gasteiger charge is -2.21. The van der Waals surface area contributed by atoms with Crippen LogP contribution in [0, 0.1) is 0 Å². The van der Waals surface area contributed by atoms with Crippen molar-refractivity contribution in [3.8, 4) is 11.3 Å². The zero-order chi connectivity index (χ0) is 17.9. The molecule has 1 fully saturated rings. The van der Waals surface area contributed by atoms with Crippen molar-refractivity contribution in [3.63, 3.8) is 0 Å². The Labute approximate surface area is 161 Å². The molecule has 2 aromatic heterocycles. The average molecular weight is 387 g/mol. The number of thiophene rings is 1. The maximum atomic E-state index is 12.6. The molecule has 0 aliphatic carbocycles. The van der Waals surface area contributed by atoms with Crippen LogP contribution in [0.3, 0.4) is 0 Å². The van der Waals surface area contributed by atoms with Crippen LogP contribution < -0.4 is 4.90 Å². The monoisotopic (exact) mass is 386 g/mol. The summed E-state index contributed by atoms with van der Waals surface area (Å²) < 4.78 is 0. The minimum Gasteiger partial charge on any atom is -0.353 e. The molecule has 0 spiro atoms. The Morgan fingerprint density at radius 2 is 1.96 bits per heavy atom. The van der Waals surface area contributed by atoms with Gasteiger partial charge in [0.15, 0.2) is 5.82 Å². The molecule has 0 atom stereocenters. The topological polar surface area (TPSA) is 52.2 Å². The number of carbonyl (C=O) groups is 1. The first-order chi connectivity index (χ1) is 12.7. The van der Waals surface area contributed by atoms with Crippen LogP contribution in [0.15, 0.2) is 47.2 Å². The van der Waals surface area contributed by atoms with Crippen molar-refractivity contribution in [2.45, 2.75) is 6.42 Å². The summed E-state index contributed by atoms with van der Waals surface area (Å²) in [6, 6.07) is 11.6. The first-order valence-electron chi connectivity index (χ1n) is 8.58. The molecule has 134 valence electrons. The highest BCUT2D eigenvalue weighted by molar-refractivity contribution is 7.08. The Hall–Kier alpha value is -2.31. The zero-order valence-corrected chi connectivity index (χ0v) is 15.8. The van der Waals surface area contributed by atoms with Gasteiger partial charge >= 0.3 is 0 Å². The number of nitrogens with one attached hydrogen (secondary N) is 1. The smallest absolute Gasteiger partial charge is 0.254 e. The van der Waals surface area contributed by atoms with E-state index in [1.54, 1.807) is 11.3 Å². The van der Waals surface area contributed by atoms with Crippen molar-refractivity contribution in [1.82, 2.24) is 15.1 Å². The van der Waals surface area contributed by atoms with E-state index in [1.165, 1.54) is 0 Å². The van der Waals surface area contributed by atoms with Gasteiger partial charge in [-0.25, -0.2) is 0 Å². The summed E-state index contributed by atoms with van der Waals surface area (Å²) in [5, 5.41) is 12.1. The van der Waals surface area contributed by atoms with Gasteiger partial charge in [0.1, 0.15) is 0 Å². The molecule has 1 N–H and O–H groups in total. The molecule has 3 aromatic rings. The lowest BCUT2D eigenvalue weighted by atomic mass is 10.1. The van der Waals surface area contributed by atoms with Gasteiger partial charge in [0.05, 0.1) is 11.3 Å². The lowest BCUT2D eigenvalue weighted by molar-refractivity contribution is 0.0767. The van der Waals surface area contributed by atoms with Crippen molar-refractivity contribution >= 4 is 34.7 Å². The van der Waals surface area contributed by atoms with Gasteiger partial charge in [-0.15, -0.1) is 0 Å². The standard InChI is InChI=1S/C19H19ClN4OS/c20-16-4-2-14(3-5-16)17-12-18(22-21-17)23-7-1-8-24(10-9-23)19(25)15-6-11-26-13-15/h2-6,11-13H,1,7-10H2,(H,21,22). The summed E-state index contributed by atoms with van der Waals surface area (Å²) in [4.78, 5) is 16.7. The third-order valence-corrected chi connectivity index (χ3v) is 5.53. The van der Waals surface area contributed by atoms with Gasteiger partial charge in [-0.05, 0) is 35.6 Å². The third-order valence-electron chi connectivity index (χ3n) is 4.59. The largest absolute Gasteiger partial charge is 0.353 e. The minimum atomic E-state index is 0.122. The van der Waals surface area contributed by atoms with Gasteiger partial charge in [-0.3, -0.25) is 9.89 Å². The molecule has 5 nitrogen and oxygen atoms in total. The zero-order valence-electron chi connectivity index (χ0n) is 14.2. The fourth-order valence-corrected chi connectivity index (χ4v) is 3.92. The van der Waals surface area contributed by atoms with E-state index in [-0.39, 0.29) is 5.91 Å². The second-order valence-corrected chi connectivity index (χ2v) is 7.51. The Kier molecular flexibility index (Phi) is 4.95. The fourth-order valence-electron chi connectivity index (χ4n) is 3.17. The molecule has 4 rings (SSSR count). The van der Waals surface area contributed by atoms with Gasteiger partial charge in [0, 0.05) is 42.6 Å². The number of rotatable bonds is 3. The maximum absolute atomic E-state index is 12.6. The number of halogens is 1. The highest BCUT2D eigenvalue weighted by atomic mass is 35.5. The Bertz CT molecular complexity index is 875. The van der Waals surface area contributed by atoms with Crippen LogP contribution in [-0.4, -0.2) is 47.2 Å². The van der Waals surface area contributed by atoms with E-state index in [0.29, 0.717) is 6.54 Å². The van der Waals surface area contributed by atoms with Crippen LogP contribution >= 0.6 is 22.9 Å². The number of aromatic amines is 1. The first-order valence-corrected chi connectivity index (χ1v) is 9.90. The second-order valence-electron chi connectivity index (χ2n) is 6.29. The van der Waals surface area contributed by atoms with Crippen molar-refractivity contribution < 1.29 is 4.79 Å². The fraction of sp³-hybridized carbons (Fsp3) is 0.263. The molecule has 0 radical (unpaired) electrons. The van der Waals surface area contributed by atoms with E-state index in [0.717, 1.165) is 53.7 Å². The molecule has 1 aromatic carbocycles. The summed E-state index contributed by atoms with van der Waals surface area (Å²) in [6.07, 6.45) is 0.930. The van der Waals surface area contributed by atoms with Crippen LogP contribution in [0.4, 0.5) is 5.82 Å². The molecule has 1 aliphatic rings. The Morgan fingerprint density at radius 1 is 1.12 bits per heavy atom. The van der Waals surface area contributed by atoms with Gasteiger partial charge in [-0.1, -0.05) is 23.7 Å². The number of anilines is 1. The van der Waals surface area contributed by atoms with Crippen LogP contribution in [0.5, 0.6) is 0 Å². The number of hydrogen-bond acceptors (Lipinski definition) is 4. The predicted octanol–water partition coefficient (Wildman–Crippen LogP) is 4.14. The lowest BCUT2D eigenvalue weighted by Crippen LogP contribution is -2.35. The van der Waals surface area contributed by atoms with E-state index in [1.807, 2.05) is 46.0 Å². The molecule has 0 saturated carbocycles. The quantitative estimate of drug-likeness (QED) is 0.735. The number of amides is 1. The molecule has 3 heterocycles. The SMILES string of the molecule is O=C(c1ccsc1)N1CCCN(c2cc(-c3ccc(Cl)cc3)[nH]n2)CC1. The van der Waals surface area contributed by atoms with Crippen LogP contribution in [0.25, 0.3) is 11.3 Å². The van der Waals surface area contributed by atoms with E-state index < -0.39 is 0 Å². The number of nitrogens with zero attached hydrogens (tertiary/aromatic N) is 3. The van der Waals surface area contributed by atoms with Gasteiger partial charge in [-0.2, -0.15) is 16.4 Å². The molecule has 1 amide bonds. The van der Waals surface area contributed by atoms with Crippen LogP contribution in [0.2, 0.25) is 5.02 Å². The first kappa shape index (κ1) is 17.1. The van der Waals surface area contributed by atoms with E-state index in [2.05, 4.69) is 21.2 Å². The van der Waals surface area contributed by atoms with Crippen LogP contribution in [-0.2, 0) is 0 Å². The number of aromatic nitrogens is 2. The van der Waals surface area contributed by atoms with Crippen molar-refractivity contribution in [2.75, 3.05) is 31.1 Å². The molecule has 0 unspecified atom stereocenters. The Balaban J connectivity index is 1.44. The van der Waals surface area contributed by atoms with Gasteiger partial charge in [0.2, 0.25) is 0 Å². The van der Waals surface area contributed by atoms with Crippen molar-refractivity contribution in [3.05, 3.63) is 57.7 Å². The third kappa shape index (κ3) is 3.61. The number of hydrogen-bond donors (Lipinski definition) is 1. The number of benzene rings is 1. The summed E-state index contributed by atoms with van der Waals surface area (Å²) in [5.41, 5.74) is 2.80. The summed E-state index contributed by atoms with van der Waals surface area (Å²) in [7, 11) is 0. The average Bonchev–Trinajstić information content (AvgIpc) is 3.30. The molecule has 7 heteroatoms. The van der Waals surface area contributed by atoms with Gasteiger partial charge < -0.3 is 9.80 Å². The number of carbonyl (C=O) groups excluding carboxylic acids is 1. The second kappa shape index (κ2) is 7.51. The highest BCUT2D eigenvalue weighted by Crippen LogP contribution is 2.24. The Morgan fingerprint density at radius 3 is 2.73 bits per heavy atom. The van der Waals surface area contributed by atoms with E-state index in [9.17, 15) is 4.79 Å². The maximum Gasteiger partial charge on any atom is 0.254 e. The van der Waals surface area contributed by atoms with E-state index >= 15 is 0 Å². The van der Waals surface area contributed by atoms with Gasteiger partial charge in [0.25, 0.3) is 5.91 Å². The minimum absolute atomic E-state index is 0.122. The molecule has 26 heavy (non-hydrogen) atoms. The molecule has 1 aliphatic heterocycles. The number of H-pyrrole nitrogens is 1. The molecular weight excluding hydrogens is 368 g/mol. The highest BCUT2D eigenvalue weighted by Gasteiger charge is 2.21. The summed E-state index contributed by atoms with van der Waals surface area (Å²) in [6.45, 7) is 3.15. The van der Waals surface area contributed by atoms with Crippen molar-refractivity contribution in [2.24, 2.45) is 0 Å². The molecular formula is C19H19ClN4OS. The summed E-state index contributed by atoms with van der Waals surface area (Å²) in [5.74, 6) is 1.04. The van der Waals surface area contributed by atoms with Crippen molar-refractivity contribution in [1.29, 1.82) is 0 Å². The predicted molar refractivity (Wildman–Crippen MR) is 106 cm³/mol.